The van der Waals surface area contributed by atoms with Gasteiger partial charge in [-0.3, -0.25) is 0 Å². The first-order valence-electron chi connectivity index (χ1n) is 5.72. The molecule has 0 spiro atoms. The Morgan fingerprint density at radius 1 is 1.35 bits per heavy atom. The number of carboxylic acids is 1. The van der Waals surface area contributed by atoms with E-state index in [2.05, 4.69) is 10.3 Å². The number of carboxylic acid groups (broad SMARTS) is 1. The van der Waals surface area contributed by atoms with Crippen LogP contribution in [-0.2, 0) is 0 Å². The summed E-state index contributed by atoms with van der Waals surface area (Å²) >= 11 is 0. The van der Waals surface area contributed by atoms with Crippen molar-refractivity contribution >= 4 is 11.8 Å². The summed E-state index contributed by atoms with van der Waals surface area (Å²) in [5, 5.41) is 12.3. The van der Waals surface area contributed by atoms with Crippen LogP contribution in [0.4, 0.5) is 5.82 Å². The summed E-state index contributed by atoms with van der Waals surface area (Å²) in [6.07, 6.45) is 0. The molecule has 0 amide bonds. The molecule has 1 aromatic rings. The molecule has 0 atom stereocenters. The van der Waals surface area contributed by atoms with E-state index in [1.165, 1.54) is 0 Å². The van der Waals surface area contributed by atoms with Crippen molar-refractivity contribution in [3.05, 3.63) is 23.4 Å². The molecule has 2 N–H and O–H groups in total. The Morgan fingerprint density at radius 2 is 1.94 bits per heavy atom. The van der Waals surface area contributed by atoms with E-state index < -0.39 is 5.97 Å². The molecule has 1 heterocycles. The molecule has 0 unspecified atom stereocenters. The largest absolute Gasteiger partial charge is 0.478 e. The van der Waals surface area contributed by atoms with Gasteiger partial charge in [0, 0.05) is 11.2 Å². The fourth-order valence-corrected chi connectivity index (χ4v) is 1.42. The maximum absolute atomic E-state index is 11.0. The first kappa shape index (κ1) is 13.5. The lowest BCUT2D eigenvalue weighted by atomic mass is 10.1. The van der Waals surface area contributed by atoms with Gasteiger partial charge in [-0.1, -0.05) is 13.8 Å². The van der Waals surface area contributed by atoms with Crippen LogP contribution in [0.25, 0.3) is 0 Å². The van der Waals surface area contributed by atoms with Gasteiger partial charge in [0.2, 0.25) is 0 Å². The molecule has 4 heteroatoms. The molecule has 1 rings (SSSR count). The maximum atomic E-state index is 11.0. The quantitative estimate of drug-likeness (QED) is 0.846. The Hall–Kier alpha value is -1.58. The molecule has 0 saturated carbocycles. The molecular formula is C13H20N2O2. The van der Waals surface area contributed by atoms with Crippen molar-refractivity contribution in [2.45, 2.75) is 46.1 Å². The average molecular weight is 236 g/mol. The van der Waals surface area contributed by atoms with Gasteiger partial charge >= 0.3 is 5.97 Å². The van der Waals surface area contributed by atoms with Gasteiger partial charge in [0.15, 0.2) is 0 Å². The number of anilines is 1. The zero-order chi connectivity index (χ0) is 13.2. The topological polar surface area (TPSA) is 62.2 Å². The monoisotopic (exact) mass is 236 g/mol. The molecule has 0 aliphatic rings. The molecule has 0 bridgehead atoms. The third kappa shape index (κ3) is 4.06. The highest BCUT2D eigenvalue weighted by Gasteiger charge is 2.14. The summed E-state index contributed by atoms with van der Waals surface area (Å²) in [5.41, 5.74) is 0.922. The van der Waals surface area contributed by atoms with Crippen molar-refractivity contribution in [1.82, 2.24) is 4.98 Å². The van der Waals surface area contributed by atoms with Crippen molar-refractivity contribution < 1.29 is 9.90 Å². The maximum Gasteiger partial charge on any atom is 0.335 e. The fourth-order valence-electron chi connectivity index (χ4n) is 1.42. The molecule has 94 valence electrons. The fraction of sp³-hybridized carbons (Fsp3) is 0.538. The molecule has 0 aromatic carbocycles. The first-order chi connectivity index (χ1) is 7.69. The normalized spacial score (nSPS) is 11.6. The number of aromatic carboxylic acids is 1. The number of nitrogens with one attached hydrogen (secondary N) is 1. The number of hydrogen-bond donors (Lipinski definition) is 2. The molecule has 0 aliphatic heterocycles. The zero-order valence-corrected chi connectivity index (χ0v) is 11.0. The van der Waals surface area contributed by atoms with Crippen LogP contribution < -0.4 is 5.32 Å². The summed E-state index contributed by atoms with van der Waals surface area (Å²) in [4.78, 5) is 15.5. The minimum absolute atomic E-state index is 0.140. The van der Waals surface area contributed by atoms with Gasteiger partial charge in [0.1, 0.15) is 5.82 Å². The number of rotatable bonds is 3. The van der Waals surface area contributed by atoms with Crippen LogP contribution in [0.1, 0.15) is 56.6 Å². The minimum atomic E-state index is -0.925. The van der Waals surface area contributed by atoms with Crippen LogP contribution in [-0.4, -0.2) is 21.6 Å². The van der Waals surface area contributed by atoms with Crippen LogP contribution in [0.2, 0.25) is 0 Å². The van der Waals surface area contributed by atoms with E-state index in [1.807, 2.05) is 34.6 Å². The van der Waals surface area contributed by atoms with Crippen molar-refractivity contribution in [1.29, 1.82) is 0 Å². The molecule has 17 heavy (non-hydrogen) atoms. The molecule has 1 aromatic heterocycles. The molecule has 0 saturated heterocycles. The van der Waals surface area contributed by atoms with E-state index in [0.717, 1.165) is 5.69 Å². The van der Waals surface area contributed by atoms with E-state index in [1.54, 1.807) is 12.1 Å². The highest BCUT2D eigenvalue weighted by atomic mass is 16.4. The summed E-state index contributed by atoms with van der Waals surface area (Å²) in [6, 6.07) is 3.19. The van der Waals surface area contributed by atoms with Crippen LogP contribution >= 0.6 is 0 Å². The highest BCUT2D eigenvalue weighted by molar-refractivity contribution is 5.88. The van der Waals surface area contributed by atoms with Crippen LogP contribution in [0.5, 0.6) is 0 Å². The molecule has 4 nitrogen and oxygen atoms in total. The van der Waals surface area contributed by atoms with Gasteiger partial charge in [-0.25, -0.2) is 9.78 Å². The third-order valence-electron chi connectivity index (χ3n) is 2.19. The second-order valence-corrected chi connectivity index (χ2v) is 5.50. The van der Waals surface area contributed by atoms with E-state index in [4.69, 9.17) is 5.11 Å². The van der Waals surface area contributed by atoms with Gasteiger partial charge in [0.05, 0.1) is 5.56 Å². The highest BCUT2D eigenvalue weighted by Crippen LogP contribution is 2.20. The number of hydrogen-bond acceptors (Lipinski definition) is 3. The summed E-state index contributed by atoms with van der Waals surface area (Å²) in [5.74, 6) is -0.109. The second kappa shape index (κ2) is 4.73. The van der Waals surface area contributed by atoms with Crippen molar-refractivity contribution in [3.63, 3.8) is 0 Å². The molecule has 0 fully saturated rings. The van der Waals surface area contributed by atoms with Gasteiger partial charge < -0.3 is 10.4 Å². The lowest BCUT2D eigenvalue weighted by molar-refractivity contribution is 0.0696. The zero-order valence-electron chi connectivity index (χ0n) is 11.0. The van der Waals surface area contributed by atoms with Crippen LogP contribution in [0.15, 0.2) is 12.1 Å². The SMILES string of the molecule is CC(C)c1cc(C(=O)O)cc(NC(C)(C)C)n1. The lowest BCUT2D eigenvalue weighted by Gasteiger charge is -2.22. The van der Waals surface area contributed by atoms with Crippen molar-refractivity contribution in [2.75, 3.05) is 5.32 Å². The van der Waals surface area contributed by atoms with Gasteiger partial charge in [-0.2, -0.15) is 0 Å². The van der Waals surface area contributed by atoms with Gasteiger partial charge in [0.25, 0.3) is 0 Å². The number of nitrogens with zero attached hydrogens (tertiary/aromatic N) is 1. The Labute approximate surface area is 102 Å². The average Bonchev–Trinajstić information content (AvgIpc) is 2.14. The minimum Gasteiger partial charge on any atom is -0.478 e. The van der Waals surface area contributed by atoms with E-state index in [-0.39, 0.29) is 17.0 Å². The third-order valence-corrected chi connectivity index (χ3v) is 2.19. The van der Waals surface area contributed by atoms with Crippen molar-refractivity contribution in [2.24, 2.45) is 0 Å². The number of pyridine rings is 1. The first-order valence-corrected chi connectivity index (χ1v) is 5.72. The van der Waals surface area contributed by atoms with Gasteiger partial charge in [-0.05, 0) is 38.8 Å². The van der Waals surface area contributed by atoms with Crippen LogP contribution in [0, 0.1) is 0 Å². The molecular weight excluding hydrogens is 216 g/mol. The Kier molecular flexibility index (Phi) is 3.76. The Bertz CT molecular complexity index is 420. The number of aromatic nitrogens is 1. The van der Waals surface area contributed by atoms with Crippen LogP contribution in [0.3, 0.4) is 0 Å². The predicted octanol–water partition coefficient (Wildman–Crippen LogP) is 3.11. The second-order valence-electron chi connectivity index (χ2n) is 5.50. The summed E-state index contributed by atoms with van der Waals surface area (Å²) < 4.78 is 0. The van der Waals surface area contributed by atoms with Gasteiger partial charge in [-0.15, -0.1) is 0 Å². The Morgan fingerprint density at radius 3 is 2.35 bits per heavy atom. The summed E-state index contributed by atoms with van der Waals surface area (Å²) in [6.45, 7) is 10.0. The number of carbonyl (C=O) groups is 1. The van der Waals surface area contributed by atoms with E-state index >= 15 is 0 Å². The standard InChI is InChI=1S/C13H20N2O2/c1-8(2)10-6-9(12(16)17)7-11(14-10)15-13(3,4)5/h6-8H,1-5H3,(H,14,15)(H,16,17). The summed E-state index contributed by atoms with van der Waals surface area (Å²) in [7, 11) is 0. The predicted molar refractivity (Wildman–Crippen MR) is 68.7 cm³/mol. The molecule has 0 radical (unpaired) electrons. The smallest absolute Gasteiger partial charge is 0.335 e. The molecule has 0 aliphatic carbocycles. The van der Waals surface area contributed by atoms with E-state index in [0.29, 0.717) is 5.82 Å². The lowest BCUT2D eigenvalue weighted by Crippen LogP contribution is -2.27. The Balaban J connectivity index is 3.17. The van der Waals surface area contributed by atoms with Crippen molar-refractivity contribution in [3.8, 4) is 0 Å². The van der Waals surface area contributed by atoms with E-state index in [9.17, 15) is 4.79 Å².